The maximum atomic E-state index is 11.0. The van der Waals surface area contributed by atoms with Crippen LogP contribution >= 0.6 is 11.6 Å². The third-order valence-corrected chi connectivity index (χ3v) is 2.91. The number of benzene rings is 2. The molecule has 2 aromatic rings. The van der Waals surface area contributed by atoms with Crippen LogP contribution in [-0.2, 0) is 0 Å². The minimum Gasteiger partial charge on any atom is -0.478 e. The van der Waals surface area contributed by atoms with Gasteiger partial charge in [0, 0.05) is 5.02 Å². The van der Waals surface area contributed by atoms with E-state index in [-0.39, 0.29) is 5.56 Å². The second-order valence-electron chi connectivity index (χ2n) is 4.03. The van der Waals surface area contributed by atoms with Crippen LogP contribution in [0.3, 0.4) is 0 Å². The molecule has 0 radical (unpaired) electrons. The first kappa shape index (κ1) is 13.7. The number of carboxylic acid groups (broad SMARTS) is 1. The fourth-order valence-electron chi connectivity index (χ4n) is 1.66. The van der Waals surface area contributed by atoms with Gasteiger partial charge in [-0.3, -0.25) is 0 Å². The Kier molecular flexibility index (Phi) is 3.78. The van der Waals surface area contributed by atoms with E-state index >= 15 is 0 Å². The van der Waals surface area contributed by atoms with Gasteiger partial charge < -0.3 is 16.2 Å². The highest BCUT2D eigenvalue weighted by molar-refractivity contribution is 6.30. The standard InChI is InChI=1S/C14H10ClN3O2/c15-10-3-1-9(7-16)12(6-10)18-13-5-8(14(19)20)2-4-11(13)17/h1-6,18H,17H2,(H,19,20). The van der Waals surface area contributed by atoms with Gasteiger partial charge in [0.2, 0.25) is 0 Å². The summed E-state index contributed by atoms with van der Waals surface area (Å²) in [5.41, 5.74) is 7.53. The Morgan fingerprint density at radius 3 is 2.65 bits per heavy atom. The molecular weight excluding hydrogens is 278 g/mol. The zero-order chi connectivity index (χ0) is 14.7. The van der Waals surface area contributed by atoms with Crippen molar-refractivity contribution in [2.24, 2.45) is 0 Å². The molecule has 0 aromatic heterocycles. The number of carbonyl (C=O) groups is 1. The van der Waals surface area contributed by atoms with Crippen molar-refractivity contribution in [2.45, 2.75) is 0 Å². The molecule has 0 fully saturated rings. The lowest BCUT2D eigenvalue weighted by atomic mass is 10.1. The number of rotatable bonds is 3. The van der Waals surface area contributed by atoms with Crippen LogP contribution in [-0.4, -0.2) is 11.1 Å². The van der Waals surface area contributed by atoms with Gasteiger partial charge in [0.15, 0.2) is 0 Å². The topological polar surface area (TPSA) is 99.1 Å². The average molecular weight is 288 g/mol. The molecule has 0 aliphatic heterocycles. The van der Waals surface area contributed by atoms with E-state index in [1.165, 1.54) is 18.2 Å². The Morgan fingerprint density at radius 1 is 1.25 bits per heavy atom. The van der Waals surface area contributed by atoms with E-state index in [1.54, 1.807) is 18.2 Å². The van der Waals surface area contributed by atoms with Crippen LogP contribution in [0, 0.1) is 11.3 Å². The van der Waals surface area contributed by atoms with Gasteiger partial charge in [0.05, 0.1) is 28.2 Å². The lowest BCUT2D eigenvalue weighted by Crippen LogP contribution is -2.02. The van der Waals surface area contributed by atoms with Crippen molar-refractivity contribution in [1.82, 2.24) is 0 Å². The Bertz CT molecular complexity index is 723. The van der Waals surface area contributed by atoms with Gasteiger partial charge in [-0.05, 0) is 36.4 Å². The molecule has 0 spiro atoms. The van der Waals surface area contributed by atoms with Gasteiger partial charge in [-0.2, -0.15) is 5.26 Å². The maximum Gasteiger partial charge on any atom is 0.335 e. The van der Waals surface area contributed by atoms with Gasteiger partial charge >= 0.3 is 5.97 Å². The van der Waals surface area contributed by atoms with Crippen LogP contribution < -0.4 is 11.1 Å². The summed E-state index contributed by atoms with van der Waals surface area (Å²) in [4.78, 5) is 11.0. The zero-order valence-corrected chi connectivity index (χ0v) is 11.0. The van der Waals surface area contributed by atoms with E-state index in [1.807, 2.05) is 6.07 Å². The molecule has 0 aliphatic rings. The van der Waals surface area contributed by atoms with Crippen molar-refractivity contribution >= 4 is 34.6 Å². The third-order valence-electron chi connectivity index (χ3n) is 2.67. The maximum absolute atomic E-state index is 11.0. The number of hydrogen-bond donors (Lipinski definition) is 3. The predicted molar refractivity (Wildman–Crippen MR) is 77.3 cm³/mol. The Labute approximate surface area is 120 Å². The molecular formula is C14H10ClN3O2. The molecule has 0 heterocycles. The minimum atomic E-state index is -1.06. The van der Waals surface area contributed by atoms with Crippen molar-refractivity contribution in [3.63, 3.8) is 0 Å². The van der Waals surface area contributed by atoms with Gasteiger partial charge in [0.25, 0.3) is 0 Å². The number of nitrogens with two attached hydrogens (primary N) is 1. The first-order valence-corrected chi connectivity index (χ1v) is 5.98. The number of nitrogens with zero attached hydrogens (tertiary/aromatic N) is 1. The van der Waals surface area contributed by atoms with Crippen molar-refractivity contribution < 1.29 is 9.90 Å². The second kappa shape index (κ2) is 5.51. The quantitative estimate of drug-likeness (QED) is 0.753. The van der Waals surface area contributed by atoms with E-state index in [2.05, 4.69) is 5.32 Å². The lowest BCUT2D eigenvalue weighted by molar-refractivity contribution is 0.0697. The van der Waals surface area contributed by atoms with Crippen molar-refractivity contribution in [2.75, 3.05) is 11.1 Å². The molecule has 20 heavy (non-hydrogen) atoms. The molecule has 0 saturated heterocycles. The summed E-state index contributed by atoms with van der Waals surface area (Å²) in [6.45, 7) is 0. The fourth-order valence-corrected chi connectivity index (χ4v) is 1.83. The van der Waals surface area contributed by atoms with Crippen molar-refractivity contribution in [3.8, 4) is 6.07 Å². The number of aromatic carboxylic acids is 1. The van der Waals surface area contributed by atoms with Gasteiger partial charge in [-0.1, -0.05) is 11.6 Å². The summed E-state index contributed by atoms with van der Waals surface area (Å²) in [7, 11) is 0. The van der Waals surface area contributed by atoms with Crippen LogP contribution in [0.4, 0.5) is 17.1 Å². The largest absolute Gasteiger partial charge is 0.478 e. The van der Waals surface area contributed by atoms with Gasteiger partial charge in [-0.25, -0.2) is 4.79 Å². The van der Waals surface area contributed by atoms with Crippen molar-refractivity contribution in [1.29, 1.82) is 5.26 Å². The molecule has 2 aromatic carbocycles. The summed E-state index contributed by atoms with van der Waals surface area (Å²) in [5, 5.41) is 21.4. The summed E-state index contributed by atoms with van der Waals surface area (Å²) >= 11 is 5.89. The Hall–Kier alpha value is -2.71. The lowest BCUT2D eigenvalue weighted by Gasteiger charge is -2.11. The molecule has 0 saturated carbocycles. The minimum absolute atomic E-state index is 0.0993. The number of nitrogens with one attached hydrogen (secondary N) is 1. The van der Waals surface area contributed by atoms with Crippen molar-refractivity contribution in [3.05, 3.63) is 52.5 Å². The third kappa shape index (κ3) is 2.82. The Morgan fingerprint density at radius 2 is 2.00 bits per heavy atom. The number of anilines is 3. The number of halogens is 1. The predicted octanol–water partition coefficient (Wildman–Crippen LogP) is 3.24. The number of hydrogen-bond acceptors (Lipinski definition) is 4. The van der Waals surface area contributed by atoms with Crippen LogP contribution in [0.15, 0.2) is 36.4 Å². The molecule has 0 atom stereocenters. The summed E-state index contributed by atoms with van der Waals surface area (Å²) in [5.74, 6) is -1.06. The molecule has 0 bridgehead atoms. The molecule has 0 unspecified atom stereocenters. The molecule has 4 N–H and O–H groups in total. The molecule has 6 heteroatoms. The number of nitrogen functional groups attached to an aromatic ring is 1. The molecule has 5 nitrogen and oxygen atoms in total. The molecule has 2 rings (SSSR count). The van der Waals surface area contributed by atoms with Crippen LogP contribution in [0.1, 0.15) is 15.9 Å². The smallest absolute Gasteiger partial charge is 0.335 e. The van der Waals surface area contributed by atoms with E-state index in [4.69, 9.17) is 27.7 Å². The summed E-state index contributed by atoms with van der Waals surface area (Å²) < 4.78 is 0. The number of nitriles is 1. The summed E-state index contributed by atoms with van der Waals surface area (Å²) in [6, 6.07) is 11.1. The number of carboxylic acids is 1. The second-order valence-corrected chi connectivity index (χ2v) is 4.47. The van der Waals surface area contributed by atoms with Crippen LogP contribution in [0.5, 0.6) is 0 Å². The first-order valence-electron chi connectivity index (χ1n) is 5.61. The first-order chi connectivity index (χ1) is 9.51. The normalized spacial score (nSPS) is 9.80. The molecule has 0 amide bonds. The van der Waals surface area contributed by atoms with Gasteiger partial charge in [0.1, 0.15) is 6.07 Å². The fraction of sp³-hybridized carbons (Fsp3) is 0. The van der Waals surface area contributed by atoms with E-state index < -0.39 is 5.97 Å². The zero-order valence-electron chi connectivity index (χ0n) is 10.2. The van der Waals surface area contributed by atoms with Gasteiger partial charge in [-0.15, -0.1) is 0 Å². The van der Waals surface area contributed by atoms with Crippen LogP contribution in [0.25, 0.3) is 0 Å². The van der Waals surface area contributed by atoms with E-state index in [9.17, 15) is 4.79 Å². The highest BCUT2D eigenvalue weighted by atomic mass is 35.5. The average Bonchev–Trinajstić information content (AvgIpc) is 2.41. The highest BCUT2D eigenvalue weighted by Crippen LogP contribution is 2.28. The monoisotopic (exact) mass is 287 g/mol. The molecule has 100 valence electrons. The van der Waals surface area contributed by atoms with Crippen LogP contribution in [0.2, 0.25) is 5.02 Å². The molecule has 0 aliphatic carbocycles. The SMILES string of the molecule is N#Cc1ccc(Cl)cc1Nc1cc(C(=O)O)ccc1N. The Balaban J connectivity index is 2.44. The van der Waals surface area contributed by atoms with E-state index in [0.717, 1.165) is 0 Å². The van der Waals surface area contributed by atoms with E-state index in [0.29, 0.717) is 27.6 Å². The summed E-state index contributed by atoms with van der Waals surface area (Å²) in [6.07, 6.45) is 0. The highest BCUT2D eigenvalue weighted by Gasteiger charge is 2.09.